The zero-order chi connectivity index (χ0) is 45.6. The van der Waals surface area contributed by atoms with E-state index in [-0.39, 0.29) is 19.3 Å². The number of nitrogens with one attached hydrogen (secondary N) is 5. The summed E-state index contributed by atoms with van der Waals surface area (Å²) in [7, 11) is 0. The molecule has 0 aliphatic carbocycles. The summed E-state index contributed by atoms with van der Waals surface area (Å²) in [5.74, 6) is -8.81. The van der Waals surface area contributed by atoms with Crippen molar-refractivity contribution < 1.29 is 98.2 Å². The van der Waals surface area contributed by atoms with Crippen LogP contribution in [0.5, 0.6) is 0 Å². The fourth-order valence-corrected chi connectivity index (χ4v) is 6.25. The largest absolute Gasteiger partial charge is 0.481 e. The summed E-state index contributed by atoms with van der Waals surface area (Å²) in [5.41, 5.74) is 5.44. The summed E-state index contributed by atoms with van der Waals surface area (Å²) >= 11 is 0. The second kappa shape index (κ2) is 24.0. The van der Waals surface area contributed by atoms with E-state index in [2.05, 4.69) is 26.6 Å². The second-order valence-electron chi connectivity index (χ2n) is 14.2. The molecule has 15 atom stereocenters. The Balaban J connectivity index is 2.30. The van der Waals surface area contributed by atoms with E-state index in [0.717, 1.165) is 13.8 Å². The van der Waals surface area contributed by atoms with E-state index in [1.807, 2.05) is 0 Å². The van der Waals surface area contributed by atoms with Crippen molar-refractivity contribution in [1.29, 1.82) is 0 Å². The molecule has 2 saturated heterocycles. The van der Waals surface area contributed by atoms with Gasteiger partial charge in [-0.25, -0.2) is 4.79 Å². The van der Waals surface area contributed by atoms with Crippen LogP contribution >= 0.6 is 0 Å². The van der Waals surface area contributed by atoms with E-state index in [4.69, 9.17) is 29.8 Å². The number of aliphatic carboxylic acids is 3. The van der Waals surface area contributed by atoms with Gasteiger partial charge >= 0.3 is 17.9 Å². The maximum Gasteiger partial charge on any atom is 0.326 e. The number of hydrogen-bond donors (Lipinski definition) is 14. The number of ether oxygens (including phenoxy) is 4. The van der Waals surface area contributed by atoms with E-state index in [0.29, 0.717) is 0 Å². The molecule has 5 amide bonds. The maximum absolute atomic E-state index is 13.5. The SMILES string of the molecule is CC(=O)N[C@@H]1[C@@H](O[C@H](C)C(=O)N[C@@H](C)C(=O)N[C@H](CCC(=O)O)C(=O)N[C@@H](CCC[C@@H](N)C(=O)O)C(=O)O)[C@H](O[C@@H]2O[C@H](CO)[C@@H](O)[C@H](O)[C@H]2NC(C)=O)[C@@H](CO)O[C@H]1O. The zero-order valence-electron chi connectivity index (χ0n) is 33.2. The number of aliphatic hydroxyl groups excluding tert-OH is 5. The number of rotatable bonds is 23. The van der Waals surface area contributed by atoms with Gasteiger partial charge in [-0.15, -0.1) is 0 Å². The molecule has 0 aromatic carbocycles. The summed E-state index contributed by atoms with van der Waals surface area (Å²) in [6.45, 7) is 2.78. The van der Waals surface area contributed by atoms with Gasteiger partial charge in [-0.3, -0.25) is 33.6 Å². The lowest BCUT2D eigenvalue weighted by molar-refractivity contribution is -0.333. The molecule has 26 nitrogen and oxygen atoms in total. The van der Waals surface area contributed by atoms with Crippen molar-refractivity contribution in [2.24, 2.45) is 5.73 Å². The maximum atomic E-state index is 13.5. The Hall–Kier alpha value is -4.64. The molecular weight excluding hydrogens is 812 g/mol. The molecule has 26 heteroatoms. The van der Waals surface area contributed by atoms with Crippen molar-refractivity contribution in [3.8, 4) is 0 Å². The van der Waals surface area contributed by atoms with Crippen LogP contribution < -0.4 is 32.3 Å². The van der Waals surface area contributed by atoms with Gasteiger partial charge in [0, 0.05) is 20.3 Å². The lowest BCUT2D eigenvalue weighted by Gasteiger charge is -2.48. The second-order valence-corrected chi connectivity index (χ2v) is 14.2. The van der Waals surface area contributed by atoms with Crippen LogP contribution in [0.2, 0.25) is 0 Å². The first kappa shape index (κ1) is 51.5. The molecule has 0 bridgehead atoms. The number of nitrogens with two attached hydrogens (primary N) is 1. The molecule has 2 fully saturated rings. The van der Waals surface area contributed by atoms with Gasteiger partial charge in [0.25, 0.3) is 0 Å². The Morgan fingerprint density at radius 1 is 0.683 bits per heavy atom. The molecule has 2 heterocycles. The van der Waals surface area contributed by atoms with Crippen molar-refractivity contribution in [2.45, 2.75) is 151 Å². The fraction of sp³-hybridized carbons (Fsp3) is 0.765. The lowest BCUT2D eigenvalue weighted by atomic mass is 9.94. The number of amides is 5. The number of hydrogen-bond acceptors (Lipinski definition) is 18. The summed E-state index contributed by atoms with van der Waals surface area (Å²) in [6.07, 6.45) is -16.5. The molecule has 2 rings (SSSR count). The Morgan fingerprint density at radius 2 is 1.27 bits per heavy atom. The van der Waals surface area contributed by atoms with E-state index < -0.39 is 165 Å². The summed E-state index contributed by atoms with van der Waals surface area (Å²) in [4.78, 5) is 98.2. The first-order chi connectivity index (χ1) is 28.0. The fourth-order valence-electron chi connectivity index (χ4n) is 6.25. The van der Waals surface area contributed by atoms with Crippen LogP contribution in [0.4, 0.5) is 0 Å². The van der Waals surface area contributed by atoms with Crippen molar-refractivity contribution >= 4 is 47.4 Å². The van der Waals surface area contributed by atoms with Crippen LogP contribution in [0.15, 0.2) is 0 Å². The topological polar surface area (TPSA) is 421 Å². The predicted octanol–water partition coefficient (Wildman–Crippen LogP) is -6.69. The summed E-state index contributed by atoms with van der Waals surface area (Å²) in [6, 6.07) is -9.04. The number of carbonyl (C=O) groups is 8. The summed E-state index contributed by atoms with van der Waals surface area (Å²) < 4.78 is 23.1. The molecule has 0 spiro atoms. The Morgan fingerprint density at radius 3 is 1.80 bits per heavy atom. The Bertz CT molecular complexity index is 1520. The zero-order valence-corrected chi connectivity index (χ0v) is 33.2. The van der Waals surface area contributed by atoms with Crippen LogP contribution in [0.25, 0.3) is 0 Å². The number of carboxylic acid groups (broad SMARTS) is 3. The quantitative estimate of drug-likeness (QED) is 0.0454. The van der Waals surface area contributed by atoms with E-state index in [1.54, 1.807) is 0 Å². The third kappa shape index (κ3) is 15.1. The van der Waals surface area contributed by atoms with Crippen molar-refractivity contribution in [1.82, 2.24) is 26.6 Å². The van der Waals surface area contributed by atoms with Crippen LogP contribution in [0, 0.1) is 0 Å². The van der Waals surface area contributed by atoms with Crippen molar-refractivity contribution in [3.63, 3.8) is 0 Å². The molecule has 0 aromatic rings. The molecular formula is C34H56N6O20. The van der Waals surface area contributed by atoms with Crippen LogP contribution in [0.1, 0.15) is 59.8 Å². The first-order valence-corrected chi connectivity index (χ1v) is 18.8. The van der Waals surface area contributed by atoms with E-state index >= 15 is 0 Å². The first-order valence-electron chi connectivity index (χ1n) is 18.8. The normalized spacial score (nSPS) is 29.0. The molecule has 15 N–H and O–H groups in total. The highest BCUT2D eigenvalue weighted by molar-refractivity contribution is 5.94. The van der Waals surface area contributed by atoms with Gasteiger partial charge in [-0.2, -0.15) is 0 Å². The number of aliphatic hydroxyl groups is 5. The van der Waals surface area contributed by atoms with Crippen LogP contribution in [-0.2, 0) is 57.3 Å². The molecule has 0 radical (unpaired) electrons. The van der Waals surface area contributed by atoms with Gasteiger partial charge in [-0.05, 0) is 39.5 Å². The average Bonchev–Trinajstić information content (AvgIpc) is 3.16. The van der Waals surface area contributed by atoms with Gasteiger partial charge in [0.05, 0.1) is 13.2 Å². The molecule has 0 unspecified atom stereocenters. The van der Waals surface area contributed by atoms with Gasteiger partial charge in [0.15, 0.2) is 12.6 Å². The third-order valence-corrected chi connectivity index (χ3v) is 9.46. The lowest BCUT2D eigenvalue weighted by Crippen LogP contribution is -2.70. The minimum Gasteiger partial charge on any atom is -0.481 e. The minimum absolute atomic E-state index is 0.0322. The molecule has 2 aliphatic rings. The minimum atomic E-state index is -1.90. The van der Waals surface area contributed by atoms with Gasteiger partial charge < -0.3 is 92.1 Å². The highest BCUT2D eigenvalue weighted by atomic mass is 16.7. The van der Waals surface area contributed by atoms with Crippen LogP contribution in [-0.4, -0.2) is 193 Å². The third-order valence-electron chi connectivity index (χ3n) is 9.46. The van der Waals surface area contributed by atoms with Crippen molar-refractivity contribution in [3.05, 3.63) is 0 Å². The molecule has 342 valence electrons. The molecule has 0 aromatic heterocycles. The number of carboxylic acids is 3. The van der Waals surface area contributed by atoms with Crippen molar-refractivity contribution in [2.75, 3.05) is 13.2 Å². The average molecular weight is 869 g/mol. The molecule has 2 aliphatic heterocycles. The molecule has 60 heavy (non-hydrogen) atoms. The van der Waals surface area contributed by atoms with E-state index in [9.17, 15) is 74.1 Å². The smallest absolute Gasteiger partial charge is 0.326 e. The van der Waals surface area contributed by atoms with E-state index in [1.165, 1.54) is 13.8 Å². The van der Waals surface area contributed by atoms with Gasteiger partial charge in [0.1, 0.15) is 79.0 Å². The highest BCUT2D eigenvalue weighted by Crippen LogP contribution is 2.31. The molecule has 0 saturated carbocycles. The highest BCUT2D eigenvalue weighted by Gasteiger charge is 2.53. The standard InChI is InChI=1S/C34H56N6O20/c1-12(28(49)39-17(8-9-21(45)46)30(51)40-18(32(54)55)7-5-6-16(35)31(52)53)36-29(50)13(2)57-27-23(38-15(4)44)33(56)58-20(11-42)26(27)60-34-22(37-14(3)43)25(48)24(47)19(10-41)59-34/h12-13,16-20,22-27,33-34,41-42,47-48,56H,5-11,35H2,1-4H3,(H,36,50)(H,37,43)(H,38,44)(H,39,49)(H,40,51)(H,45,46)(H,52,53)(H,54,55)/t12-,13+,16+,17+,18-,19+,20+,22+,23+,24+,25+,26+,27+,33+,34-/m0/s1. The summed E-state index contributed by atoms with van der Waals surface area (Å²) in [5, 5.41) is 91.3. The Labute approximate surface area is 342 Å². The Kier molecular flexibility index (Phi) is 20.6. The van der Waals surface area contributed by atoms with Gasteiger partial charge in [0.2, 0.25) is 29.5 Å². The number of carbonyl (C=O) groups excluding carboxylic acids is 5. The predicted molar refractivity (Wildman–Crippen MR) is 196 cm³/mol. The van der Waals surface area contributed by atoms with Crippen LogP contribution in [0.3, 0.4) is 0 Å². The monoisotopic (exact) mass is 868 g/mol. The van der Waals surface area contributed by atoms with Gasteiger partial charge in [-0.1, -0.05) is 0 Å².